The minimum atomic E-state index is -3.78. The molecule has 1 aliphatic heterocycles. The van der Waals surface area contributed by atoms with Crippen molar-refractivity contribution >= 4 is 21.6 Å². The maximum atomic E-state index is 12.2. The van der Waals surface area contributed by atoms with E-state index in [-0.39, 0.29) is 17.8 Å². The van der Waals surface area contributed by atoms with Crippen molar-refractivity contribution in [3.05, 3.63) is 50.9 Å². The Hall–Kier alpha value is -2.22. The van der Waals surface area contributed by atoms with Crippen molar-refractivity contribution in [2.75, 3.05) is 6.54 Å². The molecule has 0 fully saturated rings. The monoisotopic (exact) mass is 296 g/mol. The molecule has 0 N–H and O–H groups in total. The second-order valence-electron chi connectivity index (χ2n) is 4.34. The van der Waals surface area contributed by atoms with Crippen molar-refractivity contribution in [3.8, 4) is 0 Å². The molecule has 0 atom stereocenters. The number of benzene rings is 1. The van der Waals surface area contributed by atoms with Crippen LogP contribution >= 0.6 is 0 Å². The third-order valence-electron chi connectivity index (χ3n) is 2.95. The van der Waals surface area contributed by atoms with Gasteiger partial charge >= 0.3 is 0 Å². The van der Waals surface area contributed by atoms with Crippen molar-refractivity contribution in [2.45, 2.75) is 13.3 Å². The van der Waals surface area contributed by atoms with E-state index in [1.165, 1.54) is 18.2 Å². The van der Waals surface area contributed by atoms with Gasteiger partial charge in [-0.1, -0.05) is 12.1 Å². The first-order chi connectivity index (χ1) is 9.33. The number of rotatable bonds is 2. The van der Waals surface area contributed by atoms with Crippen LogP contribution in [-0.2, 0) is 10.0 Å². The minimum Gasteiger partial charge on any atom is -0.268 e. The molecular formula is C12H12N2O5S. The van der Waals surface area contributed by atoms with Crippen LogP contribution in [0.25, 0.3) is 0 Å². The third kappa shape index (κ3) is 2.55. The molecule has 0 saturated heterocycles. The van der Waals surface area contributed by atoms with Gasteiger partial charge in [-0.25, -0.2) is 12.7 Å². The molecule has 8 heteroatoms. The fraction of sp³-hybridized carbons (Fsp3) is 0.250. The molecule has 0 spiro atoms. The van der Waals surface area contributed by atoms with Crippen LogP contribution in [0.2, 0.25) is 0 Å². The molecule has 0 radical (unpaired) electrons. The Morgan fingerprint density at radius 1 is 1.40 bits per heavy atom. The average molecular weight is 296 g/mol. The van der Waals surface area contributed by atoms with Crippen LogP contribution in [-0.4, -0.2) is 30.1 Å². The standard InChI is InChI=1S/C12H12N2O5S/c1-9-4-5-10(8-11(9)14(16)17)12(15)13-6-2-3-7-20(13,18)19/h3-5,7-8H,2,6H2,1H3. The fourth-order valence-corrected chi connectivity index (χ4v) is 3.10. The van der Waals surface area contributed by atoms with Crippen molar-refractivity contribution in [2.24, 2.45) is 0 Å². The highest BCUT2D eigenvalue weighted by molar-refractivity contribution is 7.92. The van der Waals surface area contributed by atoms with Crippen molar-refractivity contribution in [1.82, 2.24) is 4.31 Å². The first-order valence-corrected chi connectivity index (χ1v) is 7.32. The maximum Gasteiger partial charge on any atom is 0.273 e. The van der Waals surface area contributed by atoms with Crippen LogP contribution in [0.15, 0.2) is 29.7 Å². The van der Waals surface area contributed by atoms with Crippen LogP contribution in [0.4, 0.5) is 5.69 Å². The molecule has 0 saturated carbocycles. The Bertz CT molecular complexity index is 709. The number of hydrogen-bond acceptors (Lipinski definition) is 5. The number of aryl methyl sites for hydroxylation is 1. The summed E-state index contributed by atoms with van der Waals surface area (Å²) in [5.74, 6) is -0.752. The van der Waals surface area contributed by atoms with Gasteiger partial charge in [-0.15, -0.1) is 0 Å². The van der Waals surface area contributed by atoms with Crippen molar-refractivity contribution < 1.29 is 18.1 Å². The Morgan fingerprint density at radius 2 is 2.10 bits per heavy atom. The predicted octanol–water partition coefficient (Wildman–Crippen LogP) is 1.59. The lowest BCUT2D eigenvalue weighted by Crippen LogP contribution is -2.38. The Labute approximate surface area is 115 Å². The highest BCUT2D eigenvalue weighted by Crippen LogP contribution is 2.22. The first kappa shape index (κ1) is 14.2. The Balaban J connectivity index is 2.42. The lowest BCUT2D eigenvalue weighted by molar-refractivity contribution is -0.385. The largest absolute Gasteiger partial charge is 0.273 e. The van der Waals surface area contributed by atoms with E-state index in [1.54, 1.807) is 6.92 Å². The summed E-state index contributed by atoms with van der Waals surface area (Å²) in [4.78, 5) is 22.4. The summed E-state index contributed by atoms with van der Waals surface area (Å²) in [6, 6.07) is 3.92. The van der Waals surface area contributed by atoms with Gasteiger partial charge in [0.1, 0.15) is 0 Å². The second-order valence-corrected chi connectivity index (χ2v) is 6.08. The Kier molecular flexibility index (Phi) is 3.58. The molecule has 0 aliphatic carbocycles. The van der Waals surface area contributed by atoms with E-state index < -0.39 is 20.9 Å². The summed E-state index contributed by atoms with van der Waals surface area (Å²) in [5.41, 5.74) is 0.190. The van der Waals surface area contributed by atoms with E-state index >= 15 is 0 Å². The summed E-state index contributed by atoms with van der Waals surface area (Å²) < 4.78 is 24.3. The number of hydrogen-bond donors (Lipinski definition) is 0. The maximum absolute atomic E-state index is 12.2. The van der Waals surface area contributed by atoms with Gasteiger partial charge in [0.2, 0.25) is 0 Å². The number of sulfonamides is 1. The normalized spacial score (nSPS) is 16.9. The second kappa shape index (κ2) is 5.04. The molecule has 0 unspecified atom stereocenters. The highest BCUT2D eigenvalue weighted by Gasteiger charge is 2.29. The van der Waals surface area contributed by atoms with Crippen molar-refractivity contribution in [1.29, 1.82) is 0 Å². The van der Waals surface area contributed by atoms with Gasteiger partial charge in [0, 0.05) is 29.1 Å². The highest BCUT2D eigenvalue weighted by atomic mass is 32.2. The van der Waals surface area contributed by atoms with Gasteiger partial charge in [-0.2, -0.15) is 0 Å². The van der Waals surface area contributed by atoms with E-state index in [4.69, 9.17) is 0 Å². The zero-order chi connectivity index (χ0) is 14.9. The lowest BCUT2D eigenvalue weighted by Gasteiger charge is -2.22. The fourth-order valence-electron chi connectivity index (χ4n) is 1.88. The molecule has 0 aromatic heterocycles. The van der Waals surface area contributed by atoms with Gasteiger partial charge in [0.05, 0.1) is 4.92 Å². The third-order valence-corrected chi connectivity index (χ3v) is 4.45. The quantitative estimate of drug-likeness (QED) is 0.609. The smallest absolute Gasteiger partial charge is 0.268 e. The molecule has 2 rings (SSSR count). The van der Waals surface area contributed by atoms with Crippen LogP contribution in [0.1, 0.15) is 22.3 Å². The molecule has 106 valence electrons. The SMILES string of the molecule is Cc1ccc(C(=O)N2CCC=CS2(=O)=O)cc1[N+](=O)[O-]. The van der Waals surface area contributed by atoms with Crippen LogP contribution in [0.3, 0.4) is 0 Å². The van der Waals surface area contributed by atoms with Crippen LogP contribution < -0.4 is 0 Å². The average Bonchev–Trinajstić information content (AvgIpc) is 2.37. The predicted molar refractivity (Wildman–Crippen MR) is 71.5 cm³/mol. The molecule has 1 amide bonds. The molecule has 1 aromatic rings. The van der Waals surface area contributed by atoms with E-state index in [2.05, 4.69) is 0 Å². The number of nitro groups is 1. The molecule has 20 heavy (non-hydrogen) atoms. The van der Waals surface area contributed by atoms with E-state index in [0.29, 0.717) is 12.0 Å². The summed E-state index contributed by atoms with van der Waals surface area (Å²) >= 11 is 0. The number of amides is 1. The van der Waals surface area contributed by atoms with Crippen molar-refractivity contribution in [3.63, 3.8) is 0 Å². The summed E-state index contributed by atoms with van der Waals surface area (Å²) in [6.07, 6.45) is 1.90. The number of nitrogens with zero attached hydrogens (tertiary/aromatic N) is 2. The van der Waals surface area contributed by atoms with Crippen LogP contribution in [0.5, 0.6) is 0 Å². The minimum absolute atomic E-state index is 0.0128. The van der Waals surface area contributed by atoms with E-state index in [0.717, 1.165) is 15.8 Å². The molecular weight excluding hydrogens is 284 g/mol. The summed E-state index contributed by atoms with van der Waals surface area (Å²) in [5, 5.41) is 11.8. The summed E-state index contributed by atoms with van der Waals surface area (Å²) in [7, 11) is -3.78. The number of carbonyl (C=O) groups excluding carboxylic acids is 1. The molecule has 1 heterocycles. The van der Waals surface area contributed by atoms with Gasteiger partial charge < -0.3 is 0 Å². The van der Waals surface area contributed by atoms with Gasteiger partial charge in [0.25, 0.3) is 21.6 Å². The van der Waals surface area contributed by atoms with Gasteiger partial charge in [-0.05, 0) is 19.4 Å². The molecule has 7 nitrogen and oxygen atoms in total. The van der Waals surface area contributed by atoms with Gasteiger partial charge in [0.15, 0.2) is 0 Å². The molecule has 0 bridgehead atoms. The zero-order valence-corrected chi connectivity index (χ0v) is 11.5. The Morgan fingerprint density at radius 3 is 2.70 bits per heavy atom. The molecule has 1 aliphatic rings. The van der Waals surface area contributed by atoms with Gasteiger partial charge in [-0.3, -0.25) is 14.9 Å². The van der Waals surface area contributed by atoms with E-state index in [1.807, 2.05) is 0 Å². The zero-order valence-electron chi connectivity index (χ0n) is 10.6. The number of nitro benzene ring substituents is 1. The molecule has 1 aromatic carbocycles. The lowest BCUT2D eigenvalue weighted by atomic mass is 10.1. The van der Waals surface area contributed by atoms with E-state index in [9.17, 15) is 23.3 Å². The first-order valence-electron chi connectivity index (χ1n) is 5.81. The topological polar surface area (TPSA) is 97.6 Å². The summed E-state index contributed by atoms with van der Waals surface area (Å²) in [6.45, 7) is 1.59. The van der Waals surface area contributed by atoms with Crippen LogP contribution in [0, 0.1) is 17.0 Å². The number of carbonyl (C=O) groups is 1.